The molecule has 0 spiro atoms. The molecule has 2 aromatic carbocycles. The van der Waals surface area contributed by atoms with E-state index in [1.54, 1.807) is 19.2 Å². The Morgan fingerprint density at radius 2 is 1.84 bits per heavy atom. The van der Waals surface area contributed by atoms with E-state index in [-0.39, 0.29) is 18.3 Å². The number of carbonyl (C=O) groups is 1. The van der Waals surface area contributed by atoms with Crippen LogP contribution in [0.2, 0.25) is 0 Å². The largest absolute Gasteiger partial charge is 0.496 e. The van der Waals surface area contributed by atoms with Crippen molar-refractivity contribution >= 4 is 45.6 Å². The zero-order chi connectivity index (χ0) is 16.9. The monoisotopic (exact) mass is 426 g/mol. The molecule has 0 bridgehead atoms. The van der Waals surface area contributed by atoms with E-state index in [0.29, 0.717) is 11.3 Å². The van der Waals surface area contributed by atoms with Crippen LogP contribution in [-0.4, -0.2) is 39.3 Å². The van der Waals surface area contributed by atoms with Crippen LogP contribution in [0.5, 0.6) is 5.75 Å². The molecule has 0 atom stereocenters. The number of rotatable bonds is 4. The molecular formula is C18H20BrClN2O3. The summed E-state index contributed by atoms with van der Waals surface area (Å²) in [5, 5.41) is 2.91. The Balaban J connectivity index is 0.00000225. The van der Waals surface area contributed by atoms with Gasteiger partial charge in [0.05, 0.1) is 25.9 Å². The maximum absolute atomic E-state index is 12.5. The summed E-state index contributed by atoms with van der Waals surface area (Å²) in [6, 6.07) is 13.2. The molecule has 1 N–H and O–H groups in total. The summed E-state index contributed by atoms with van der Waals surface area (Å²) in [7, 11) is 1.55. The molecule has 1 amide bonds. The second kappa shape index (κ2) is 9.08. The summed E-state index contributed by atoms with van der Waals surface area (Å²) in [5.74, 6) is 0.341. The van der Waals surface area contributed by atoms with Crippen LogP contribution in [-0.2, 0) is 4.74 Å². The van der Waals surface area contributed by atoms with Gasteiger partial charge in [-0.05, 0) is 42.5 Å². The van der Waals surface area contributed by atoms with Crippen molar-refractivity contribution in [2.45, 2.75) is 0 Å². The first-order valence-corrected chi connectivity index (χ1v) is 8.54. The molecule has 1 fully saturated rings. The molecule has 7 heteroatoms. The molecule has 1 aliphatic rings. The van der Waals surface area contributed by atoms with Crippen molar-refractivity contribution in [3.05, 3.63) is 52.5 Å². The fraction of sp³-hybridized carbons (Fsp3) is 0.278. The van der Waals surface area contributed by atoms with Gasteiger partial charge in [-0.3, -0.25) is 4.79 Å². The van der Waals surface area contributed by atoms with E-state index in [0.717, 1.165) is 42.2 Å². The Hall–Kier alpha value is -1.76. The number of nitrogens with zero attached hydrogens (tertiary/aromatic N) is 1. The molecule has 3 rings (SSSR count). The number of benzene rings is 2. The highest BCUT2D eigenvalue weighted by Gasteiger charge is 2.14. The van der Waals surface area contributed by atoms with Crippen LogP contribution in [0, 0.1) is 0 Å². The van der Waals surface area contributed by atoms with Crippen molar-refractivity contribution in [2.75, 3.05) is 43.6 Å². The molecule has 1 aliphatic heterocycles. The average molecular weight is 428 g/mol. The topological polar surface area (TPSA) is 50.8 Å². The number of hydrogen-bond acceptors (Lipinski definition) is 4. The summed E-state index contributed by atoms with van der Waals surface area (Å²) < 4.78 is 11.5. The van der Waals surface area contributed by atoms with Gasteiger partial charge in [0.1, 0.15) is 5.75 Å². The highest BCUT2D eigenvalue weighted by Crippen LogP contribution is 2.25. The minimum absolute atomic E-state index is 0. The van der Waals surface area contributed by atoms with Crippen LogP contribution in [0.1, 0.15) is 10.4 Å². The molecule has 0 aromatic heterocycles. The van der Waals surface area contributed by atoms with E-state index in [4.69, 9.17) is 9.47 Å². The van der Waals surface area contributed by atoms with Gasteiger partial charge in [-0.2, -0.15) is 0 Å². The maximum atomic E-state index is 12.5. The van der Waals surface area contributed by atoms with Crippen molar-refractivity contribution in [3.8, 4) is 5.75 Å². The van der Waals surface area contributed by atoms with E-state index in [9.17, 15) is 4.79 Å². The Kier molecular flexibility index (Phi) is 7.11. The van der Waals surface area contributed by atoms with Crippen LogP contribution < -0.4 is 15.0 Å². The van der Waals surface area contributed by atoms with E-state index >= 15 is 0 Å². The third kappa shape index (κ3) is 4.87. The lowest BCUT2D eigenvalue weighted by Crippen LogP contribution is -2.36. The Bertz CT molecular complexity index is 719. The zero-order valence-corrected chi connectivity index (χ0v) is 16.2. The minimum atomic E-state index is -0.202. The number of anilines is 2. The van der Waals surface area contributed by atoms with E-state index in [1.807, 2.05) is 30.3 Å². The summed E-state index contributed by atoms with van der Waals surface area (Å²) in [5.41, 5.74) is 2.37. The average Bonchev–Trinajstić information content (AvgIpc) is 2.63. The minimum Gasteiger partial charge on any atom is -0.496 e. The molecule has 25 heavy (non-hydrogen) atoms. The van der Waals surface area contributed by atoms with E-state index in [2.05, 4.69) is 26.1 Å². The third-order valence-electron chi connectivity index (χ3n) is 3.91. The second-order valence-electron chi connectivity index (χ2n) is 5.45. The fourth-order valence-electron chi connectivity index (χ4n) is 2.63. The number of carbonyl (C=O) groups excluding carboxylic acids is 1. The van der Waals surface area contributed by atoms with Crippen LogP contribution >= 0.6 is 28.3 Å². The molecular weight excluding hydrogens is 408 g/mol. The molecule has 0 unspecified atom stereocenters. The van der Waals surface area contributed by atoms with Gasteiger partial charge in [-0.1, -0.05) is 15.9 Å². The van der Waals surface area contributed by atoms with Gasteiger partial charge < -0.3 is 19.7 Å². The van der Waals surface area contributed by atoms with Gasteiger partial charge >= 0.3 is 0 Å². The first kappa shape index (κ1) is 19.6. The molecule has 2 aromatic rings. The fourth-order valence-corrected chi connectivity index (χ4v) is 2.99. The third-order valence-corrected chi connectivity index (χ3v) is 4.40. The summed E-state index contributed by atoms with van der Waals surface area (Å²) in [6.45, 7) is 3.28. The second-order valence-corrected chi connectivity index (χ2v) is 6.36. The summed E-state index contributed by atoms with van der Waals surface area (Å²) in [6.07, 6.45) is 0. The molecule has 0 saturated carbocycles. The Labute approximate surface area is 161 Å². The van der Waals surface area contributed by atoms with E-state index < -0.39 is 0 Å². The van der Waals surface area contributed by atoms with Gasteiger partial charge in [0.25, 0.3) is 5.91 Å². The summed E-state index contributed by atoms with van der Waals surface area (Å²) >= 11 is 3.38. The van der Waals surface area contributed by atoms with E-state index in [1.165, 1.54) is 0 Å². The number of hydrogen-bond donors (Lipinski definition) is 1. The van der Waals surface area contributed by atoms with Crippen LogP contribution in [0.25, 0.3) is 0 Å². The molecule has 0 radical (unpaired) electrons. The number of nitrogens with one attached hydrogen (secondary N) is 1. The van der Waals surface area contributed by atoms with Gasteiger partial charge in [0.15, 0.2) is 0 Å². The Morgan fingerprint density at radius 3 is 2.48 bits per heavy atom. The standard InChI is InChI=1S/C18H19BrN2O3.ClH/c1-23-17-7-2-13(19)12-16(17)18(22)20-14-3-5-15(6-4-14)21-8-10-24-11-9-21;/h2-7,12H,8-11H2,1H3,(H,20,22);1H. The molecule has 134 valence electrons. The van der Waals surface area contributed by atoms with Gasteiger partial charge in [-0.25, -0.2) is 0 Å². The Morgan fingerprint density at radius 1 is 1.16 bits per heavy atom. The van der Waals surface area contributed by atoms with Crippen LogP contribution in [0.15, 0.2) is 46.9 Å². The summed E-state index contributed by atoms with van der Waals surface area (Å²) in [4.78, 5) is 14.8. The lowest BCUT2D eigenvalue weighted by atomic mass is 10.1. The number of morpholine rings is 1. The first-order chi connectivity index (χ1) is 11.7. The predicted molar refractivity (Wildman–Crippen MR) is 105 cm³/mol. The molecule has 0 aliphatic carbocycles. The maximum Gasteiger partial charge on any atom is 0.259 e. The van der Waals surface area contributed by atoms with Crippen molar-refractivity contribution in [2.24, 2.45) is 0 Å². The predicted octanol–water partition coefficient (Wildman–Crippen LogP) is 3.97. The van der Waals surface area contributed by atoms with Gasteiger partial charge in [0, 0.05) is 28.9 Å². The molecule has 1 saturated heterocycles. The highest BCUT2D eigenvalue weighted by molar-refractivity contribution is 9.10. The molecule has 5 nitrogen and oxygen atoms in total. The van der Waals surface area contributed by atoms with Gasteiger partial charge in [0.2, 0.25) is 0 Å². The van der Waals surface area contributed by atoms with Crippen molar-refractivity contribution in [3.63, 3.8) is 0 Å². The highest BCUT2D eigenvalue weighted by atomic mass is 79.9. The van der Waals surface area contributed by atoms with Crippen LogP contribution in [0.3, 0.4) is 0 Å². The lowest BCUT2D eigenvalue weighted by molar-refractivity contribution is 0.102. The smallest absolute Gasteiger partial charge is 0.259 e. The van der Waals surface area contributed by atoms with Crippen LogP contribution in [0.4, 0.5) is 11.4 Å². The van der Waals surface area contributed by atoms with Crippen molar-refractivity contribution in [1.29, 1.82) is 0 Å². The van der Waals surface area contributed by atoms with Crippen molar-refractivity contribution in [1.82, 2.24) is 0 Å². The number of methoxy groups -OCH3 is 1. The number of ether oxygens (including phenoxy) is 2. The number of amides is 1. The first-order valence-electron chi connectivity index (χ1n) is 7.75. The normalized spacial score (nSPS) is 13.8. The van der Waals surface area contributed by atoms with Crippen molar-refractivity contribution < 1.29 is 14.3 Å². The zero-order valence-electron chi connectivity index (χ0n) is 13.8. The SMILES string of the molecule is COc1ccc(Br)cc1C(=O)Nc1ccc(N2CCOCC2)cc1.Cl. The number of halogens is 2. The lowest BCUT2D eigenvalue weighted by Gasteiger charge is -2.28. The quantitative estimate of drug-likeness (QED) is 0.802. The van der Waals surface area contributed by atoms with Gasteiger partial charge in [-0.15, -0.1) is 12.4 Å². The molecule has 1 heterocycles.